The quantitative estimate of drug-likeness (QED) is 0.929. The normalized spacial score (nSPS) is 14.3. The second-order valence-corrected chi connectivity index (χ2v) is 6.51. The Morgan fingerprint density at radius 1 is 1.04 bits per heavy atom. The van der Waals surface area contributed by atoms with E-state index in [-0.39, 0.29) is 6.03 Å². The number of ether oxygens (including phenoxy) is 1. The number of rotatable bonds is 4. The molecule has 2 amide bonds. The maximum Gasteiger partial charge on any atom is 0.317 e. The minimum atomic E-state index is -0.000172. The van der Waals surface area contributed by atoms with E-state index in [4.69, 9.17) is 4.74 Å². The van der Waals surface area contributed by atoms with Gasteiger partial charge in [0.2, 0.25) is 0 Å². The van der Waals surface area contributed by atoms with E-state index in [0.29, 0.717) is 6.54 Å². The van der Waals surface area contributed by atoms with Crippen molar-refractivity contribution in [2.75, 3.05) is 24.6 Å². The van der Waals surface area contributed by atoms with E-state index in [0.717, 1.165) is 41.7 Å². The average Bonchev–Trinajstić information content (AvgIpc) is 2.62. The number of carbonyl (C=O) groups excluding carboxylic acids is 1. The molecule has 1 N–H and O–H groups in total. The monoisotopic (exact) mass is 328 g/mol. The molecule has 1 saturated heterocycles. The molecule has 1 heterocycles. The van der Waals surface area contributed by atoms with E-state index in [9.17, 15) is 4.79 Å². The molecule has 1 aliphatic rings. The van der Waals surface area contributed by atoms with Gasteiger partial charge in [0.25, 0.3) is 0 Å². The van der Waals surface area contributed by atoms with Crippen LogP contribution >= 0.6 is 11.8 Å². The molecule has 0 unspecified atom stereocenters. The first-order chi connectivity index (χ1) is 11.3. The standard InChI is InChI=1S/C18H20N2O2S/c21-18(20-10-12-23-13-11-20)19-14-15-6-4-5-9-17(15)22-16-7-2-1-3-8-16/h1-9H,10-14H2,(H,19,21). The Labute approximate surface area is 140 Å². The van der Waals surface area contributed by atoms with Gasteiger partial charge < -0.3 is 15.0 Å². The summed E-state index contributed by atoms with van der Waals surface area (Å²) in [6, 6.07) is 17.5. The fourth-order valence-corrected chi connectivity index (χ4v) is 3.32. The molecule has 0 saturated carbocycles. The first kappa shape index (κ1) is 15.7. The number of nitrogens with zero attached hydrogens (tertiary/aromatic N) is 1. The zero-order valence-electron chi connectivity index (χ0n) is 12.9. The Hall–Kier alpha value is -2.14. The zero-order valence-corrected chi connectivity index (χ0v) is 13.7. The summed E-state index contributed by atoms with van der Waals surface area (Å²) >= 11 is 1.89. The topological polar surface area (TPSA) is 41.6 Å². The Morgan fingerprint density at radius 3 is 2.52 bits per heavy atom. The summed E-state index contributed by atoms with van der Waals surface area (Å²) in [7, 11) is 0. The van der Waals surface area contributed by atoms with Crippen LogP contribution in [0.1, 0.15) is 5.56 Å². The van der Waals surface area contributed by atoms with Gasteiger partial charge >= 0.3 is 6.03 Å². The van der Waals surface area contributed by atoms with Crippen molar-refractivity contribution in [3.63, 3.8) is 0 Å². The van der Waals surface area contributed by atoms with E-state index < -0.39 is 0 Å². The van der Waals surface area contributed by atoms with Gasteiger partial charge in [-0.2, -0.15) is 11.8 Å². The highest BCUT2D eigenvalue weighted by Gasteiger charge is 2.16. The predicted molar refractivity (Wildman–Crippen MR) is 94.1 cm³/mol. The molecule has 1 aliphatic heterocycles. The highest BCUT2D eigenvalue weighted by Crippen LogP contribution is 2.24. The number of carbonyl (C=O) groups is 1. The van der Waals surface area contributed by atoms with Gasteiger partial charge in [0.15, 0.2) is 0 Å². The van der Waals surface area contributed by atoms with Crippen LogP contribution in [0.5, 0.6) is 11.5 Å². The van der Waals surface area contributed by atoms with E-state index in [1.165, 1.54) is 0 Å². The minimum absolute atomic E-state index is 0.000172. The molecule has 4 nitrogen and oxygen atoms in total. The van der Waals surface area contributed by atoms with Gasteiger partial charge in [-0.05, 0) is 18.2 Å². The second kappa shape index (κ2) is 7.92. The van der Waals surface area contributed by atoms with Crippen molar-refractivity contribution in [3.8, 4) is 11.5 Å². The van der Waals surface area contributed by atoms with Crippen LogP contribution in [0.15, 0.2) is 54.6 Å². The van der Waals surface area contributed by atoms with E-state index in [1.807, 2.05) is 71.3 Å². The smallest absolute Gasteiger partial charge is 0.317 e. The maximum atomic E-state index is 12.2. The summed E-state index contributed by atoms with van der Waals surface area (Å²) in [6.45, 7) is 2.10. The average molecular weight is 328 g/mol. The molecule has 2 aromatic carbocycles. The first-order valence-corrected chi connectivity index (χ1v) is 8.90. The largest absolute Gasteiger partial charge is 0.457 e. The third kappa shape index (κ3) is 4.42. The van der Waals surface area contributed by atoms with Gasteiger partial charge in [0.05, 0.1) is 0 Å². The van der Waals surface area contributed by atoms with Gasteiger partial charge in [-0.15, -0.1) is 0 Å². The van der Waals surface area contributed by atoms with Crippen molar-refractivity contribution in [2.45, 2.75) is 6.54 Å². The number of para-hydroxylation sites is 2. The summed E-state index contributed by atoms with van der Waals surface area (Å²) in [5.74, 6) is 3.59. The lowest BCUT2D eigenvalue weighted by Gasteiger charge is -2.26. The molecule has 2 aromatic rings. The number of nitrogens with one attached hydrogen (secondary N) is 1. The molecule has 23 heavy (non-hydrogen) atoms. The highest BCUT2D eigenvalue weighted by molar-refractivity contribution is 7.99. The van der Waals surface area contributed by atoms with Crippen molar-refractivity contribution in [3.05, 3.63) is 60.2 Å². The fraction of sp³-hybridized carbons (Fsp3) is 0.278. The maximum absolute atomic E-state index is 12.2. The second-order valence-electron chi connectivity index (χ2n) is 5.28. The summed E-state index contributed by atoms with van der Waals surface area (Å²) in [4.78, 5) is 14.1. The summed E-state index contributed by atoms with van der Waals surface area (Å²) in [6.07, 6.45) is 0. The molecule has 3 rings (SSSR count). The van der Waals surface area contributed by atoms with Crippen LogP contribution < -0.4 is 10.1 Å². The molecule has 5 heteroatoms. The molecule has 0 aromatic heterocycles. The predicted octanol–water partition coefficient (Wildman–Crippen LogP) is 3.74. The lowest BCUT2D eigenvalue weighted by molar-refractivity contribution is 0.202. The van der Waals surface area contributed by atoms with Crippen molar-refractivity contribution in [1.29, 1.82) is 0 Å². The number of hydrogen-bond donors (Lipinski definition) is 1. The Morgan fingerprint density at radius 2 is 1.74 bits per heavy atom. The van der Waals surface area contributed by atoms with Crippen molar-refractivity contribution in [2.24, 2.45) is 0 Å². The van der Waals surface area contributed by atoms with Gasteiger partial charge in [-0.1, -0.05) is 36.4 Å². The van der Waals surface area contributed by atoms with Crippen LogP contribution in [-0.2, 0) is 6.54 Å². The number of thioether (sulfide) groups is 1. The molecule has 120 valence electrons. The molecular formula is C18H20N2O2S. The van der Waals surface area contributed by atoms with Gasteiger partial charge in [0.1, 0.15) is 11.5 Å². The molecule has 0 aliphatic carbocycles. The number of urea groups is 1. The SMILES string of the molecule is O=C(NCc1ccccc1Oc1ccccc1)N1CCSCC1. The molecular weight excluding hydrogens is 308 g/mol. The number of amides is 2. The van der Waals surface area contributed by atoms with E-state index in [1.54, 1.807) is 0 Å². The van der Waals surface area contributed by atoms with Crippen LogP contribution in [-0.4, -0.2) is 35.5 Å². The van der Waals surface area contributed by atoms with Crippen LogP contribution in [0.3, 0.4) is 0 Å². The van der Waals surface area contributed by atoms with Crippen LogP contribution in [0.4, 0.5) is 4.79 Å². The summed E-state index contributed by atoms with van der Waals surface area (Å²) < 4.78 is 5.92. The van der Waals surface area contributed by atoms with Gasteiger partial charge in [-0.3, -0.25) is 0 Å². The number of hydrogen-bond acceptors (Lipinski definition) is 3. The first-order valence-electron chi connectivity index (χ1n) is 7.74. The van der Waals surface area contributed by atoms with Gasteiger partial charge in [-0.25, -0.2) is 4.79 Å². The van der Waals surface area contributed by atoms with Crippen molar-refractivity contribution in [1.82, 2.24) is 10.2 Å². The lowest BCUT2D eigenvalue weighted by Crippen LogP contribution is -2.44. The molecule has 0 bridgehead atoms. The highest BCUT2D eigenvalue weighted by atomic mass is 32.2. The third-order valence-electron chi connectivity index (χ3n) is 3.67. The molecule has 0 spiro atoms. The van der Waals surface area contributed by atoms with E-state index in [2.05, 4.69) is 5.32 Å². The third-order valence-corrected chi connectivity index (χ3v) is 4.61. The van der Waals surface area contributed by atoms with Crippen LogP contribution in [0.2, 0.25) is 0 Å². The Bertz CT molecular complexity index is 642. The summed E-state index contributed by atoms with van der Waals surface area (Å²) in [5, 5.41) is 2.99. The Kier molecular flexibility index (Phi) is 5.42. The minimum Gasteiger partial charge on any atom is -0.457 e. The van der Waals surface area contributed by atoms with E-state index >= 15 is 0 Å². The molecule has 1 fully saturated rings. The van der Waals surface area contributed by atoms with Crippen LogP contribution in [0.25, 0.3) is 0 Å². The summed E-state index contributed by atoms with van der Waals surface area (Å²) in [5.41, 5.74) is 0.969. The number of benzene rings is 2. The van der Waals surface area contributed by atoms with Crippen molar-refractivity contribution < 1.29 is 9.53 Å². The fourth-order valence-electron chi connectivity index (χ4n) is 2.41. The zero-order chi connectivity index (χ0) is 15.9. The van der Waals surface area contributed by atoms with Crippen molar-refractivity contribution >= 4 is 17.8 Å². The lowest BCUT2D eigenvalue weighted by atomic mass is 10.2. The van der Waals surface area contributed by atoms with Crippen LogP contribution in [0, 0.1) is 0 Å². The van der Waals surface area contributed by atoms with Gasteiger partial charge in [0, 0.05) is 36.7 Å². The Balaban J connectivity index is 1.62. The molecule has 0 radical (unpaired) electrons. The molecule has 0 atom stereocenters.